The Morgan fingerprint density at radius 3 is 2.91 bits per heavy atom. The first-order chi connectivity index (χ1) is 10.2. The smallest absolute Gasteiger partial charge is 0.191 e. The molecule has 7 heteroatoms. The fourth-order valence-corrected chi connectivity index (χ4v) is 2.87. The summed E-state index contributed by atoms with van der Waals surface area (Å²) in [6.07, 6.45) is 1.12. The highest BCUT2D eigenvalue weighted by Crippen LogP contribution is 2.21. The molecule has 1 unspecified atom stereocenters. The van der Waals surface area contributed by atoms with E-state index in [0.717, 1.165) is 53.7 Å². The first-order valence-electron chi connectivity index (χ1n) is 7.23. The molecule has 4 nitrogen and oxygen atoms in total. The van der Waals surface area contributed by atoms with E-state index < -0.39 is 0 Å². The Morgan fingerprint density at radius 2 is 2.27 bits per heavy atom. The van der Waals surface area contributed by atoms with E-state index in [-0.39, 0.29) is 24.0 Å². The molecule has 1 aromatic carbocycles. The van der Waals surface area contributed by atoms with Crippen LogP contribution in [0.3, 0.4) is 0 Å². The van der Waals surface area contributed by atoms with Gasteiger partial charge in [0.25, 0.3) is 0 Å². The fraction of sp³-hybridized carbons (Fsp3) is 0.533. The number of nitrogens with zero attached hydrogens (tertiary/aromatic N) is 1. The molecule has 1 heterocycles. The lowest BCUT2D eigenvalue weighted by Crippen LogP contribution is -2.39. The summed E-state index contributed by atoms with van der Waals surface area (Å²) in [5.74, 6) is 1.40. The molecule has 1 aliphatic heterocycles. The van der Waals surface area contributed by atoms with E-state index in [1.54, 1.807) is 0 Å². The number of hydrogen-bond donors (Lipinski definition) is 2. The van der Waals surface area contributed by atoms with Gasteiger partial charge in [0.15, 0.2) is 5.96 Å². The maximum Gasteiger partial charge on any atom is 0.191 e. The third-order valence-electron chi connectivity index (χ3n) is 3.35. The summed E-state index contributed by atoms with van der Waals surface area (Å²) in [7, 11) is 0. The lowest BCUT2D eigenvalue weighted by atomic mass is 10.1. The zero-order valence-corrected chi connectivity index (χ0v) is 17.2. The van der Waals surface area contributed by atoms with Crippen LogP contribution in [-0.2, 0) is 11.3 Å². The number of hydrogen-bond acceptors (Lipinski definition) is 2. The van der Waals surface area contributed by atoms with Gasteiger partial charge in [0.05, 0.1) is 13.2 Å². The van der Waals surface area contributed by atoms with Crippen LogP contribution in [0.15, 0.2) is 27.7 Å². The van der Waals surface area contributed by atoms with Gasteiger partial charge >= 0.3 is 0 Å². The van der Waals surface area contributed by atoms with Crippen LogP contribution in [0.4, 0.5) is 0 Å². The van der Waals surface area contributed by atoms with Gasteiger partial charge in [-0.1, -0.05) is 33.6 Å². The second-order valence-corrected chi connectivity index (χ2v) is 6.36. The zero-order chi connectivity index (χ0) is 15.1. The number of nitrogens with one attached hydrogen (secondary N) is 2. The Balaban J connectivity index is 0.00000242. The van der Waals surface area contributed by atoms with Crippen molar-refractivity contribution in [3.63, 3.8) is 0 Å². The van der Waals surface area contributed by atoms with E-state index in [9.17, 15) is 0 Å². The summed E-state index contributed by atoms with van der Waals surface area (Å²) in [4.78, 5) is 4.59. The van der Waals surface area contributed by atoms with Crippen molar-refractivity contribution in [3.05, 3.63) is 33.3 Å². The van der Waals surface area contributed by atoms with Gasteiger partial charge in [-0.05, 0) is 31.0 Å². The molecular formula is C15H22BrClIN3O. The van der Waals surface area contributed by atoms with Gasteiger partial charge < -0.3 is 15.4 Å². The summed E-state index contributed by atoms with van der Waals surface area (Å²) in [5, 5.41) is 7.35. The summed E-state index contributed by atoms with van der Waals surface area (Å²) >= 11 is 9.62. The highest BCUT2D eigenvalue weighted by molar-refractivity contribution is 14.0. The molecule has 2 N–H and O–H groups in total. The molecule has 0 amide bonds. The normalized spacial score (nSPS) is 18.0. The molecule has 1 aliphatic rings. The van der Waals surface area contributed by atoms with Gasteiger partial charge in [0.1, 0.15) is 0 Å². The van der Waals surface area contributed by atoms with Crippen molar-refractivity contribution >= 4 is 57.5 Å². The van der Waals surface area contributed by atoms with Gasteiger partial charge in [-0.3, -0.25) is 0 Å². The van der Waals surface area contributed by atoms with Crippen LogP contribution in [-0.4, -0.2) is 32.3 Å². The molecule has 2 rings (SSSR count). The van der Waals surface area contributed by atoms with Crippen LogP contribution < -0.4 is 10.6 Å². The average Bonchev–Trinajstić information content (AvgIpc) is 2.96. The Labute approximate surface area is 162 Å². The molecule has 1 saturated heterocycles. The van der Waals surface area contributed by atoms with E-state index in [4.69, 9.17) is 16.3 Å². The van der Waals surface area contributed by atoms with E-state index >= 15 is 0 Å². The zero-order valence-electron chi connectivity index (χ0n) is 12.6. The molecule has 0 saturated carbocycles. The van der Waals surface area contributed by atoms with Crippen molar-refractivity contribution in [1.82, 2.24) is 10.6 Å². The molecular weight excluding hydrogens is 480 g/mol. The van der Waals surface area contributed by atoms with Gasteiger partial charge in [0, 0.05) is 35.1 Å². The molecule has 124 valence electrons. The van der Waals surface area contributed by atoms with E-state index in [1.807, 2.05) is 18.2 Å². The predicted octanol–water partition coefficient (Wildman–Crippen LogP) is 3.81. The molecule has 0 aromatic heterocycles. The first-order valence-corrected chi connectivity index (χ1v) is 8.40. The first kappa shape index (κ1) is 20.0. The van der Waals surface area contributed by atoms with E-state index in [2.05, 4.69) is 38.5 Å². The number of guanidine groups is 1. The second kappa shape index (κ2) is 10.7. The minimum atomic E-state index is 0. The number of aliphatic imine (C=N–C) groups is 1. The molecule has 22 heavy (non-hydrogen) atoms. The van der Waals surface area contributed by atoms with Crippen LogP contribution in [0, 0.1) is 5.92 Å². The Morgan fingerprint density at radius 1 is 1.45 bits per heavy atom. The monoisotopic (exact) mass is 501 g/mol. The Hall–Kier alpha value is -0.0500. The molecule has 1 fully saturated rings. The van der Waals surface area contributed by atoms with Gasteiger partial charge in [-0.25, -0.2) is 4.99 Å². The minimum absolute atomic E-state index is 0. The summed E-state index contributed by atoms with van der Waals surface area (Å²) in [5.41, 5.74) is 1.02. The molecule has 1 aromatic rings. The second-order valence-electron chi connectivity index (χ2n) is 5.04. The highest BCUT2D eigenvalue weighted by atomic mass is 127. The third kappa shape index (κ3) is 6.60. The third-order valence-corrected chi connectivity index (χ3v) is 4.19. The van der Waals surface area contributed by atoms with Crippen molar-refractivity contribution in [3.8, 4) is 0 Å². The van der Waals surface area contributed by atoms with Crippen molar-refractivity contribution in [1.29, 1.82) is 0 Å². The standard InChI is InChI=1S/C15H21BrClN3O.HI/c1-2-18-15(19-8-11-5-6-21-10-11)20-9-12-3-4-13(16)7-14(12)17;/h3-4,7,11H,2,5-6,8-10H2,1H3,(H2,18,19,20);1H. The van der Waals surface area contributed by atoms with E-state index in [1.165, 1.54) is 0 Å². The quantitative estimate of drug-likeness (QED) is 0.366. The van der Waals surface area contributed by atoms with Gasteiger partial charge in [-0.15, -0.1) is 24.0 Å². The van der Waals surface area contributed by atoms with Crippen molar-refractivity contribution < 1.29 is 4.74 Å². The lowest BCUT2D eigenvalue weighted by molar-refractivity contribution is 0.186. The summed E-state index contributed by atoms with van der Waals surface area (Å²) in [6.45, 7) is 6.05. The molecule has 0 spiro atoms. The van der Waals surface area contributed by atoms with Crippen molar-refractivity contribution in [2.24, 2.45) is 10.9 Å². The average molecular weight is 503 g/mol. The molecule has 0 radical (unpaired) electrons. The van der Waals surface area contributed by atoms with Crippen molar-refractivity contribution in [2.75, 3.05) is 26.3 Å². The van der Waals surface area contributed by atoms with Crippen molar-refractivity contribution in [2.45, 2.75) is 19.9 Å². The number of ether oxygens (including phenoxy) is 1. The highest BCUT2D eigenvalue weighted by Gasteiger charge is 2.15. The molecule has 0 bridgehead atoms. The molecule has 0 aliphatic carbocycles. The summed E-state index contributed by atoms with van der Waals surface area (Å²) < 4.78 is 6.36. The molecule has 1 atom stereocenters. The largest absolute Gasteiger partial charge is 0.381 e. The van der Waals surface area contributed by atoms with Crippen LogP contribution in [0.1, 0.15) is 18.9 Å². The van der Waals surface area contributed by atoms with Crippen LogP contribution in [0.5, 0.6) is 0 Å². The fourth-order valence-electron chi connectivity index (χ4n) is 2.14. The number of halogens is 3. The maximum absolute atomic E-state index is 6.21. The SMILES string of the molecule is CCNC(=NCc1ccc(Br)cc1Cl)NCC1CCOC1.I. The Bertz CT molecular complexity index is 496. The number of rotatable bonds is 5. The number of benzene rings is 1. The van der Waals surface area contributed by atoms with E-state index in [0.29, 0.717) is 12.5 Å². The van der Waals surface area contributed by atoms with Crippen LogP contribution in [0.2, 0.25) is 5.02 Å². The van der Waals surface area contributed by atoms with Gasteiger partial charge in [-0.2, -0.15) is 0 Å². The predicted molar refractivity (Wildman–Crippen MR) is 106 cm³/mol. The lowest BCUT2D eigenvalue weighted by Gasteiger charge is -2.14. The summed E-state index contributed by atoms with van der Waals surface area (Å²) in [6, 6.07) is 5.86. The Kier molecular flexibility index (Phi) is 9.70. The van der Waals surface area contributed by atoms with Crippen LogP contribution in [0.25, 0.3) is 0 Å². The van der Waals surface area contributed by atoms with Gasteiger partial charge in [0.2, 0.25) is 0 Å². The topological polar surface area (TPSA) is 45.7 Å². The maximum atomic E-state index is 6.21. The van der Waals surface area contributed by atoms with Crippen LogP contribution >= 0.6 is 51.5 Å². The minimum Gasteiger partial charge on any atom is -0.381 e.